The van der Waals surface area contributed by atoms with Gasteiger partial charge in [-0.2, -0.15) is 0 Å². The lowest BCUT2D eigenvalue weighted by molar-refractivity contribution is -0.123. The number of carbonyl (C=O) groups is 2. The fourth-order valence-electron chi connectivity index (χ4n) is 8.28. The predicted octanol–water partition coefficient (Wildman–Crippen LogP) is 6.25. The van der Waals surface area contributed by atoms with Crippen LogP contribution >= 0.6 is 0 Å². The van der Waals surface area contributed by atoms with Crippen LogP contribution in [0.3, 0.4) is 0 Å². The fraction of sp³-hybridized carbons (Fsp3) is 0.474. The SMILES string of the molecule is CNC(=O)c1cc(Nc2nc(-c3ccc4c(c3)N([C@H]3C[C@@H](N5CC6CCC(C5)O6)C3)C(=O)C4(C)C)cc3ncn(C(C)C)c23)c(F)cc1C. The minimum atomic E-state index is -0.636. The molecule has 2 atom stereocenters. The lowest BCUT2D eigenvalue weighted by Gasteiger charge is -2.49. The number of carbonyl (C=O) groups excluding carboxylic acids is 2. The van der Waals surface area contributed by atoms with Crippen molar-refractivity contribution in [2.45, 2.75) is 96.1 Å². The number of benzene rings is 2. The highest BCUT2D eigenvalue weighted by molar-refractivity contribution is 6.09. The molecule has 2 aromatic carbocycles. The smallest absolute Gasteiger partial charge is 0.251 e. The summed E-state index contributed by atoms with van der Waals surface area (Å²) < 4.78 is 23.5. The summed E-state index contributed by atoms with van der Waals surface area (Å²) in [6.45, 7) is 11.8. The number of morpholine rings is 1. The molecule has 3 fully saturated rings. The van der Waals surface area contributed by atoms with Gasteiger partial charge in [0.05, 0.1) is 40.8 Å². The molecule has 5 heterocycles. The molecule has 2 unspecified atom stereocenters. The summed E-state index contributed by atoms with van der Waals surface area (Å²) >= 11 is 0. The minimum Gasteiger partial charge on any atom is -0.372 e. The molecule has 49 heavy (non-hydrogen) atoms. The summed E-state index contributed by atoms with van der Waals surface area (Å²) in [5.41, 5.74) is 5.30. The second-order valence-corrected chi connectivity index (χ2v) is 15.0. The highest BCUT2D eigenvalue weighted by Crippen LogP contribution is 2.48. The first-order valence-electron chi connectivity index (χ1n) is 17.5. The highest BCUT2D eigenvalue weighted by atomic mass is 19.1. The van der Waals surface area contributed by atoms with Gasteiger partial charge in [0.2, 0.25) is 5.91 Å². The number of aryl methyl sites for hydroxylation is 1. The standard InChI is InChI=1S/C38H44FN7O3/c1-20(2)45-19-41-32-16-30(42-35(34(32)45)43-31-15-27(36(47)40-6)21(3)11-29(31)39)22-7-10-28-33(12-22)46(37(48)38(28,4)5)24-13-23(14-24)44-17-25-8-9-26(18-44)49-25/h7,10-12,15-16,19-20,23-26H,8-9,13-14,17-18H2,1-6H3,(H,40,47)(H,42,43)/t23-,24+,25?,26?. The first-order chi connectivity index (χ1) is 23.4. The maximum absolute atomic E-state index is 15.4. The Morgan fingerprint density at radius 2 is 1.80 bits per heavy atom. The van der Waals surface area contributed by atoms with E-state index in [4.69, 9.17) is 14.7 Å². The average molecular weight is 666 g/mol. The molecule has 256 valence electrons. The van der Waals surface area contributed by atoms with Crippen molar-refractivity contribution >= 4 is 40.0 Å². The van der Waals surface area contributed by atoms with Gasteiger partial charge in [0.25, 0.3) is 5.91 Å². The molecular formula is C38H44FN7O3. The van der Waals surface area contributed by atoms with Gasteiger partial charge in [-0.15, -0.1) is 0 Å². The van der Waals surface area contributed by atoms with E-state index in [-0.39, 0.29) is 29.6 Å². The third-order valence-corrected chi connectivity index (χ3v) is 11.2. The van der Waals surface area contributed by atoms with Crippen molar-refractivity contribution in [1.82, 2.24) is 24.8 Å². The van der Waals surface area contributed by atoms with Gasteiger partial charge in [-0.1, -0.05) is 12.1 Å². The van der Waals surface area contributed by atoms with E-state index in [2.05, 4.69) is 41.5 Å². The number of halogens is 1. The van der Waals surface area contributed by atoms with Crippen molar-refractivity contribution in [2.24, 2.45) is 0 Å². The van der Waals surface area contributed by atoms with Gasteiger partial charge in [0.1, 0.15) is 11.3 Å². The number of fused-ring (bicyclic) bond motifs is 4. The summed E-state index contributed by atoms with van der Waals surface area (Å²) in [5.74, 6) is -0.221. The molecule has 2 aromatic heterocycles. The number of likely N-dealkylation sites (tertiary alicyclic amines) is 1. The average Bonchev–Trinajstić information content (AvgIpc) is 3.69. The number of aromatic nitrogens is 3. The number of nitrogens with one attached hydrogen (secondary N) is 2. The maximum Gasteiger partial charge on any atom is 0.251 e. The zero-order valence-corrected chi connectivity index (χ0v) is 29.0. The van der Waals surface area contributed by atoms with Gasteiger partial charge in [-0.3, -0.25) is 14.5 Å². The van der Waals surface area contributed by atoms with Gasteiger partial charge in [-0.05, 0) is 95.7 Å². The predicted molar refractivity (Wildman–Crippen MR) is 188 cm³/mol. The van der Waals surface area contributed by atoms with Crippen LogP contribution in [0, 0.1) is 12.7 Å². The summed E-state index contributed by atoms with van der Waals surface area (Å²) in [5, 5.41) is 5.85. The molecule has 4 aliphatic rings. The van der Waals surface area contributed by atoms with E-state index in [1.54, 1.807) is 20.3 Å². The van der Waals surface area contributed by atoms with Crippen molar-refractivity contribution in [1.29, 1.82) is 0 Å². The molecule has 3 aliphatic heterocycles. The lowest BCUT2D eigenvalue weighted by atomic mass is 9.83. The molecule has 1 saturated carbocycles. The first kappa shape index (κ1) is 31.9. The summed E-state index contributed by atoms with van der Waals surface area (Å²) in [6, 6.07) is 11.7. The van der Waals surface area contributed by atoms with Crippen LogP contribution in [-0.2, 0) is 14.9 Å². The van der Waals surface area contributed by atoms with Crippen molar-refractivity contribution in [3.8, 4) is 11.3 Å². The van der Waals surface area contributed by atoms with Crippen LogP contribution in [0.25, 0.3) is 22.3 Å². The number of rotatable bonds is 7. The Morgan fingerprint density at radius 1 is 1.06 bits per heavy atom. The van der Waals surface area contributed by atoms with Crippen molar-refractivity contribution in [2.75, 3.05) is 30.4 Å². The van der Waals surface area contributed by atoms with E-state index >= 15 is 4.39 Å². The zero-order chi connectivity index (χ0) is 34.4. The van der Waals surface area contributed by atoms with Gasteiger partial charge >= 0.3 is 0 Å². The molecule has 8 rings (SSSR count). The third kappa shape index (κ3) is 5.20. The van der Waals surface area contributed by atoms with Crippen molar-refractivity contribution in [3.05, 3.63) is 65.2 Å². The van der Waals surface area contributed by atoms with Crippen LogP contribution in [0.5, 0.6) is 0 Å². The van der Waals surface area contributed by atoms with Crippen molar-refractivity contribution in [3.63, 3.8) is 0 Å². The second-order valence-electron chi connectivity index (χ2n) is 15.0. The Balaban J connectivity index is 1.15. The Kier molecular flexibility index (Phi) is 7.56. The molecule has 2 amide bonds. The van der Waals surface area contributed by atoms with Gasteiger partial charge in [0, 0.05) is 55.1 Å². The Labute approximate surface area is 286 Å². The van der Waals surface area contributed by atoms with Crippen LogP contribution in [-0.4, -0.2) is 75.7 Å². The summed E-state index contributed by atoms with van der Waals surface area (Å²) in [6.07, 6.45) is 6.68. The lowest BCUT2D eigenvalue weighted by Crippen LogP contribution is -2.59. The number of amides is 2. The second kappa shape index (κ2) is 11.6. The maximum atomic E-state index is 15.4. The van der Waals surface area contributed by atoms with Gasteiger partial charge < -0.3 is 24.8 Å². The Hall–Kier alpha value is -4.35. The van der Waals surface area contributed by atoms with Gasteiger partial charge in [0.15, 0.2) is 5.82 Å². The molecule has 1 aliphatic carbocycles. The largest absolute Gasteiger partial charge is 0.372 e. The summed E-state index contributed by atoms with van der Waals surface area (Å²) in [4.78, 5) is 41.0. The molecule has 2 bridgehead atoms. The molecule has 0 spiro atoms. The molecule has 2 N–H and O–H groups in total. The normalized spacial score (nSPS) is 24.4. The third-order valence-electron chi connectivity index (χ3n) is 11.2. The van der Waals surface area contributed by atoms with E-state index in [0.29, 0.717) is 46.4 Å². The monoisotopic (exact) mass is 665 g/mol. The topological polar surface area (TPSA) is 105 Å². The van der Waals surface area contributed by atoms with E-state index in [9.17, 15) is 9.59 Å². The van der Waals surface area contributed by atoms with Gasteiger partial charge in [-0.25, -0.2) is 14.4 Å². The summed E-state index contributed by atoms with van der Waals surface area (Å²) in [7, 11) is 1.55. The van der Waals surface area contributed by atoms with E-state index in [0.717, 1.165) is 61.1 Å². The van der Waals surface area contributed by atoms with E-state index in [1.807, 2.05) is 35.4 Å². The molecule has 4 aromatic rings. The number of hydrogen-bond donors (Lipinski definition) is 2. The minimum absolute atomic E-state index is 0.0724. The molecule has 0 radical (unpaired) electrons. The number of ether oxygens (including phenoxy) is 1. The molecule has 10 nitrogen and oxygen atoms in total. The first-order valence-corrected chi connectivity index (χ1v) is 17.5. The zero-order valence-electron chi connectivity index (χ0n) is 29.0. The quantitative estimate of drug-likeness (QED) is 0.241. The van der Waals surface area contributed by atoms with Crippen LogP contribution in [0.15, 0.2) is 42.7 Å². The van der Waals surface area contributed by atoms with E-state index in [1.165, 1.54) is 12.1 Å². The number of hydrogen-bond acceptors (Lipinski definition) is 7. The fourth-order valence-corrected chi connectivity index (χ4v) is 8.28. The molecule has 2 saturated heterocycles. The Morgan fingerprint density at radius 3 is 2.49 bits per heavy atom. The van der Waals surface area contributed by atoms with Crippen LogP contribution in [0.1, 0.15) is 80.9 Å². The number of anilines is 3. The molecular weight excluding hydrogens is 621 g/mol. The Bertz CT molecular complexity index is 1990. The van der Waals surface area contributed by atoms with Crippen LogP contribution in [0.4, 0.5) is 21.6 Å². The van der Waals surface area contributed by atoms with Crippen LogP contribution in [0.2, 0.25) is 0 Å². The number of nitrogens with zero attached hydrogens (tertiary/aromatic N) is 5. The highest BCUT2D eigenvalue weighted by Gasteiger charge is 2.51. The molecule has 11 heteroatoms. The van der Waals surface area contributed by atoms with E-state index < -0.39 is 11.2 Å². The number of pyridine rings is 1. The van der Waals surface area contributed by atoms with Crippen molar-refractivity contribution < 1.29 is 18.7 Å². The van der Waals surface area contributed by atoms with Crippen LogP contribution < -0.4 is 15.5 Å². The number of imidazole rings is 1.